The summed E-state index contributed by atoms with van der Waals surface area (Å²) in [6.45, 7) is 0. The zero-order chi connectivity index (χ0) is 9.23. The first-order chi connectivity index (χ1) is 6.87. The molecule has 0 aromatic rings. The Morgan fingerprint density at radius 2 is 2.00 bits per heavy atom. The summed E-state index contributed by atoms with van der Waals surface area (Å²) in [5.74, 6) is 1.14. The third-order valence-corrected chi connectivity index (χ3v) is 5.72. The summed E-state index contributed by atoms with van der Waals surface area (Å²) in [6, 6.07) is 0. The van der Waals surface area contributed by atoms with Gasteiger partial charge in [-0.15, -0.1) is 0 Å². The lowest BCUT2D eigenvalue weighted by Gasteiger charge is -2.36. The second kappa shape index (κ2) is 2.28. The summed E-state index contributed by atoms with van der Waals surface area (Å²) >= 11 is 0. The van der Waals surface area contributed by atoms with Gasteiger partial charge in [0.05, 0.1) is 0 Å². The van der Waals surface area contributed by atoms with Crippen molar-refractivity contribution in [2.75, 3.05) is 0 Å². The van der Waals surface area contributed by atoms with Crippen molar-refractivity contribution < 1.29 is 0 Å². The van der Waals surface area contributed by atoms with E-state index in [-0.39, 0.29) is 0 Å². The Kier molecular flexibility index (Phi) is 1.30. The van der Waals surface area contributed by atoms with Crippen LogP contribution in [0.5, 0.6) is 0 Å². The molecule has 14 heavy (non-hydrogen) atoms. The number of allylic oxidation sites excluding steroid dienone is 2. The molecule has 3 saturated carbocycles. The Hall–Kier alpha value is -0.260. The molecule has 0 amide bonds. The molecule has 0 N–H and O–H groups in total. The maximum atomic E-state index is 2.69. The van der Waals surface area contributed by atoms with Crippen LogP contribution in [0, 0.1) is 16.7 Å². The highest BCUT2D eigenvalue weighted by Gasteiger charge is 2.70. The van der Waals surface area contributed by atoms with E-state index < -0.39 is 0 Å². The van der Waals surface area contributed by atoms with Crippen LogP contribution in [0.1, 0.15) is 57.8 Å². The average Bonchev–Trinajstić information content (AvgIpc) is 3.11. The van der Waals surface area contributed by atoms with E-state index in [2.05, 4.69) is 6.08 Å². The normalized spacial score (nSPS) is 54.3. The van der Waals surface area contributed by atoms with Crippen molar-refractivity contribution in [3.63, 3.8) is 0 Å². The summed E-state index contributed by atoms with van der Waals surface area (Å²) in [5, 5.41) is 0. The first-order valence-corrected chi connectivity index (χ1v) is 6.60. The first kappa shape index (κ1) is 7.96. The van der Waals surface area contributed by atoms with Crippen LogP contribution < -0.4 is 0 Å². The fourth-order valence-corrected chi connectivity index (χ4v) is 4.89. The quantitative estimate of drug-likeness (QED) is 0.544. The minimum absolute atomic E-state index is 0.719. The largest absolute Gasteiger partial charge is 0.0736 e. The third-order valence-electron chi connectivity index (χ3n) is 5.72. The summed E-state index contributed by atoms with van der Waals surface area (Å²) in [6.07, 6.45) is 16.4. The van der Waals surface area contributed by atoms with E-state index in [1.54, 1.807) is 19.3 Å². The maximum Gasteiger partial charge on any atom is 0.0153 e. The van der Waals surface area contributed by atoms with Gasteiger partial charge in [0, 0.05) is 5.41 Å². The molecule has 0 saturated heterocycles. The van der Waals surface area contributed by atoms with Gasteiger partial charge in [-0.2, -0.15) is 0 Å². The molecule has 0 spiro atoms. The monoisotopic (exact) mass is 188 g/mol. The summed E-state index contributed by atoms with van der Waals surface area (Å²) in [7, 11) is 0. The molecule has 76 valence electrons. The predicted octanol–water partition coefficient (Wildman–Crippen LogP) is 4.07. The van der Waals surface area contributed by atoms with Crippen LogP contribution in [0.15, 0.2) is 11.6 Å². The second-order valence-electron chi connectivity index (χ2n) is 6.15. The van der Waals surface area contributed by atoms with Crippen LogP contribution in [0.3, 0.4) is 0 Å². The number of hydrogen-bond donors (Lipinski definition) is 0. The van der Waals surface area contributed by atoms with Gasteiger partial charge in [-0.25, -0.2) is 0 Å². The molecule has 0 unspecified atom stereocenters. The molecule has 3 atom stereocenters. The van der Waals surface area contributed by atoms with E-state index in [4.69, 9.17) is 0 Å². The summed E-state index contributed by atoms with van der Waals surface area (Å²) < 4.78 is 0. The van der Waals surface area contributed by atoms with Crippen LogP contribution >= 0.6 is 0 Å². The Morgan fingerprint density at radius 1 is 1.07 bits per heavy atom. The zero-order valence-corrected chi connectivity index (χ0v) is 9.02. The minimum atomic E-state index is 0.719. The van der Waals surface area contributed by atoms with Gasteiger partial charge in [-0.05, 0) is 49.9 Å². The SMILES string of the molecule is C1=C2CCCC[C@]12[C@@]12CCCC[C@@H]1C2. The van der Waals surface area contributed by atoms with E-state index in [9.17, 15) is 0 Å². The Morgan fingerprint density at radius 3 is 2.86 bits per heavy atom. The van der Waals surface area contributed by atoms with E-state index >= 15 is 0 Å². The highest BCUT2D eigenvalue weighted by Crippen LogP contribution is 2.79. The fraction of sp³-hybridized carbons (Fsp3) is 0.857. The molecule has 3 fully saturated rings. The van der Waals surface area contributed by atoms with Crippen LogP contribution in [-0.4, -0.2) is 0 Å². The number of fused-ring (bicyclic) bond motifs is 3. The molecule has 0 aromatic carbocycles. The van der Waals surface area contributed by atoms with Gasteiger partial charge in [0.1, 0.15) is 0 Å². The van der Waals surface area contributed by atoms with Crippen LogP contribution in [0.4, 0.5) is 0 Å². The van der Waals surface area contributed by atoms with Crippen molar-refractivity contribution in [1.82, 2.24) is 0 Å². The highest BCUT2D eigenvalue weighted by atomic mass is 14.7. The maximum absolute atomic E-state index is 2.69. The highest BCUT2D eigenvalue weighted by molar-refractivity contribution is 5.47. The zero-order valence-electron chi connectivity index (χ0n) is 9.02. The number of rotatable bonds is 1. The minimum Gasteiger partial charge on any atom is -0.0736 e. The van der Waals surface area contributed by atoms with E-state index in [0.29, 0.717) is 0 Å². The van der Waals surface area contributed by atoms with Gasteiger partial charge in [-0.3, -0.25) is 0 Å². The van der Waals surface area contributed by atoms with Gasteiger partial charge in [0.25, 0.3) is 0 Å². The van der Waals surface area contributed by atoms with Crippen molar-refractivity contribution in [2.45, 2.75) is 57.8 Å². The molecule has 0 heteroatoms. The molecule has 0 aliphatic heterocycles. The van der Waals surface area contributed by atoms with Crippen molar-refractivity contribution in [3.05, 3.63) is 11.6 Å². The molecular weight excluding hydrogens is 168 g/mol. The second-order valence-corrected chi connectivity index (χ2v) is 6.15. The molecule has 4 aliphatic carbocycles. The van der Waals surface area contributed by atoms with Gasteiger partial charge >= 0.3 is 0 Å². The van der Waals surface area contributed by atoms with Crippen molar-refractivity contribution in [1.29, 1.82) is 0 Å². The van der Waals surface area contributed by atoms with Gasteiger partial charge in [0.2, 0.25) is 0 Å². The fourth-order valence-electron chi connectivity index (χ4n) is 4.89. The average molecular weight is 188 g/mol. The Bertz CT molecular complexity index is 310. The van der Waals surface area contributed by atoms with E-state index in [0.717, 1.165) is 16.7 Å². The number of hydrogen-bond acceptors (Lipinski definition) is 0. The lowest BCUT2D eigenvalue weighted by Crippen LogP contribution is -2.27. The molecule has 4 aliphatic rings. The van der Waals surface area contributed by atoms with Gasteiger partial charge in [0.15, 0.2) is 0 Å². The Balaban J connectivity index is 1.64. The molecule has 0 radical (unpaired) electrons. The van der Waals surface area contributed by atoms with Crippen LogP contribution in [0.2, 0.25) is 0 Å². The predicted molar refractivity (Wildman–Crippen MR) is 58.0 cm³/mol. The van der Waals surface area contributed by atoms with Crippen molar-refractivity contribution in [2.24, 2.45) is 16.7 Å². The van der Waals surface area contributed by atoms with Crippen LogP contribution in [-0.2, 0) is 0 Å². The molecular formula is C14H20. The van der Waals surface area contributed by atoms with Gasteiger partial charge in [-0.1, -0.05) is 30.9 Å². The third kappa shape index (κ3) is 0.741. The summed E-state index contributed by atoms with van der Waals surface area (Å²) in [4.78, 5) is 0. The van der Waals surface area contributed by atoms with Crippen molar-refractivity contribution >= 4 is 0 Å². The standard InChI is InChI=1S/C14H20/c1-3-7-13(9-11(13)5-1)14-8-4-2-6-12(14)10-14/h9,12H,1-8,10H2/t12-,13+,14-/m1/s1. The van der Waals surface area contributed by atoms with Crippen LogP contribution in [0.25, 0.3) is 0 Å². The van der Waals surface area contributed by atoms with Crippen molar-refractivity contribution in [3.8, 4) is 0 Å². The topological polar surface area (TPSA) is 0 Å². The molecule has 0 nitrogen and oxygen atoms in total. The summed E-state index contributed by atoms with van der Waals surface area (Å²) in [5.41, 5.74) is 3.44. The lowest BCUT2D eigenvalue weighted by atomic mass is 9.68. The molecule has 0 bridgehead atoms. The first-order valence-electron chi connectivity index (χ1n) is 6.60. The molecule has 0 heterocycles. The van der Waals surface area contributed by atoms with E-state index in [1.807, 2.05) is 5.57 Å². The lowest BCUT2D eigenvalue weighted by molar-refractivity contribution is 0.188. The van der Waals surface area contributed by atoms with E-state index in [1.165, 1.54) is 38.5 Å². The molecule has 0 aromatic heterocycles. The van der Waals surface area contributed by atoms with Gasteiger partial charge < -0.3 is 0 Å². The smallest absolute Gasteiger partial charge is 0.0153 e. The molecule has 4 rings (SSSR count). The Labute approximate surface area is 86.8 Å².